The molecule has 2 nitrogen and oxygen atoms in total. The van der Waals surface area contributed by atoms with Gasteiger partial charge in [0.25, 0.3) is 0 Å². The van der Waals surface area contributed by atoms with E-state index in [0.29, 0.717) is 0 Å². The Balaban J connectivity index is 3.49. The fourth-order valence-electron chi connectivity index (χ4n) is 2.78. The van der Waals surface area contributed by atoms with Crippen LogP contribution in [-0.2, 0) is 4.79 Å². The molecule has 0 spiro atoms. The molecular weight excluding hydrogens is 445 g/mol. The molecule has 1 rings (SSSR count). The van der Waals surface area contributed by atoms with Crippen molar-refractivity contribution in [1.29, 1.82) is 0 Å². The number of carbonyl (C=O) groups is 1. The van der Waals surface area contributed by atoms with Crippen molar-refractivity contribution in [2.45, 2.75) is 55.7 Å². The van der Waals surface area contributed by atoms with Crippen LogP contribution in [0.25, 0.3) is 0 Å². The second kappa shape index (κ2) is 6.48. The van der Waals surface area contributed by atoms with Crippen LogP contribution in [0.1, 0.15) is 13.8 Å². The minimum atomic E-state index is -7.94. The topological polar surface area (TPSA) is 17.1 Å². The molecule has 0 aromatic heterocycles. The van der Waals surface area contributed by atoms with Crippen molar-refractivity contribution in [1.82, 2.24) is 0 Å². The molecule has 1 aliphatic rings. The molecule has 0 N–H and O–H groups in total. The lowest BCUT2D eigenvalue weighted by atomic mass is 9.92. The zero-order chi connectivity index (χ0) is 23.6. The van der Waals surface area contributed by atoms with E-state index >= 15 is 0 Å². The first-order chi connectivity index (χ1) is 12.5. The normalized spacial score (nSPS) is 24.4. The lowest BCUT2D eigenvalue weighted by Crippen LogP contribution is -2.71. The highest BCUT2D eigenvalue weighted by molar-refractivity contribution is 5.87. The predicted molar refractivity (Wildman–Crippen MR) is 70.1 cm³/mol. The van der Waals surface area contributed by atoms with Gasteiger partial charge in [-0.05, 0) is 13.8 Å². The van der Waals surface area contributed by atoms with Gasteiger partial charge in [-0.15, -0.1) is 0 Å². The Labute approximate surface area is 154 Å². The molecule has 1 aliphatic heterocycles. The van der Waals surface area contributed by atoms with E-state index in [0.717, 1.165) is 13.8 Å². The van der Waals surface area contributed by atoms with Crippen molar-refractivity contribution >= 4 is 5.91 Å². The third-order valence-electron chi connectivity index (χ3n) is 4.67. The Hall–Kier alpha value is -1.54. The first-order valence-electron chi connectivity index (χ1n) is 7.53. The summed E-state index contributed by atoms with van der Waals surface area (Å²) in [5, 5.41) is 0. The van der Waals surface area contributed by atoms with Gasteiger partial charge in [0.05, 0.1) is 6.54 Å². The molecule has 0 aromatic rings. The Kier molecular flexibility index (Phi) is 5.69. The molecule has 0 aliphatic carbocycles. The Bertz CT molecular complexity index is 696. The number of alkyl halides is 13. The van der Waals surface area contributed by atoms with Gasteiger partial charge in [0, 0.05) is 5.57 Å². The van der Waals surface area contributed by atoms with E-state index in [4.69, 9.17) is 0 Å². The van der Waals surface area contributed by atoms with Crippen LogP contribution in [0.5, 0.6) is 0 Å². The first-order valence-corrected chi connectivity index (χ1v) is 7.53. The summed E-state index contributed by atoms with van der Waals surface area (Å²) in [4.78, 5) is 11.9. The number of quaternary nitrogens is 1. The van der Waals surface area contributed by atoms with Crippen LogP contribution >= 0.6 is 0 Å². The van der Waals surface area contributed by atoms with Gasteiger partial charge in [-0.3, -0.25) is 0 Å². The summed E-state index contributed by atoms with van der Waals surface area (Å²) in [6.07, 6.45) is -7.45. The van der Waals surface area contributed by atoms with Crippen LogP contribution in [0, 0.1) is 0 Å². The molecule has 0 radical (unpaired) electrons. The van der Waals surface area contributed by atoms with Gasteiger partial charge in [0.15, 0.2) is 0 Å². The number of nitrogens with zero attached hydrogens (tertiary/aromatic N) is 1. The second-order valence-corrected chi connectivity index (χ2v) is 6.55. The van der Waals surface area contributed by atoms with E-state index in [1.54, 1.807) is 0 Å². The van der Waals surface area contributed by atoms with Crippen LogP contribution in [0.15, 0.2) is 12.2 Å². The summed E-state index contributed by atoms with van der Waals surface area (Å²) in [7, 11) is 0. The van der Waals surface area contributed by atoms with E-state index in [1.807, 2.05) is 0 Å². The molecule has 170 valence electrons. The van der Waals surface area contributed by atoms with Crippen LogP contribution in [0.4, 0.5) is 57.1 Å². The second-order valence-electron chi connectivity index (χ2n) is 6.55. The van der Waals surface area contributed by atoms with E-state index in [-0.39, 0.29) is 0 Å². The monoisotopic (exact) mass is 458 g/mol. The Morgan fingerprint density at radius 2 is 1.21 bits per heavy atom. The highest BCUT2D eigenvalue weighted by atomic mass is 19.4. The van der Waals surface area contributed by atoms with Crippen LogP contribution < -0.4 is 0 Å². The van der Waals surface area contributed by atoms with E-state index in [2.05, 4.69) is 6.58 Å². The molecule has 1 fully saturated rings. The molecular formula is C14H13F13NO+. The number of amides is 1. The molecule has 29 heavy (non-hydrogen) atoms. The SMILES string of the molecule is C=C(C)C(=O)[N+]1(CC)CC1C(F)(F)C(F)(F)C(F)(F)C(F)(F)C(F)(F)C(F)(F)F. The number of likely N-dealkylation sites (N-methyl/N-ethyl adjacent to an activating group) is 1. The van der Waals surface area contributed by atoms with Crippen molar-refractivity contribution in [2.24, 2.45) is 0 Å². The largest absolute Gasteiger partial charge is 0.460 e. The number of hydrogen-bond donors (Lipinski definition) is 0. The van der Waals surface area contributed by atoms with Crippen LogP contribution in [0.3, 0.4) is 0 Å². The van der Waals surface area contributed by atoms with Crippen molar-refractivity contribution in [3.8, 4) is 0 Å². The van der Waals surface area contributed by atoms with E-state index in [1.165, 1.54) is 0 Å². The summed E-state index contributed by atoms with van der Waals surface area (Å²) in [5.41, 5.74) is -0.492. The zero-order valence-corrected chi connectivity index (χ0v) is 14.5. The average Bonchev–Trinajstić information content (AvgIpc) is 3.28. The van der Waals surface area contributed by atoms with Gasteiger partial charge in [0.2, 0.25) is 6.04 Å². The smallest absolute Gasteiger partial charge is 0.239 e. The first kappa shape index (κ1) is 25.5. The standard InChI is InChI=1S/C14H13F13NO/c1-4-28(8(29)6(2)3)5-7(28)9(15,16)10(17,18)11(19,20)12(21,22)13(23,24)14(25,26)27/h7H,2,4-5H2,1,3H3/q+1. The molecule has 1 amide bonds. The molecule has 15 heteroatoms. The maximum Gasteiger partial charge on any atom is 0.460 e. The lowest BCUT2D eigenvalue weighted by molar-refractivity contribution is -0.740. The molecule has 0 aromatic carbocycles. The summed E-state index contributed by atoms with van der Waals surface area (Å²) < 4.78 is 169. The van der Waals surface area contributed by atoms with Crippen molar-refractivity contribution in [2.75, 3.05) is 13.1 Å². The van der Waals surface area contributed by atoms with Crippen molar-refractivity contribution < 1.29 is 66.4 Å². The number of hydrogen-bond acceptors (Lipinski definition) is 1. The minimum Gasteiger partial charge on any atom is -0.239 e. The molecule has 1 heterocycles. The number of rotatable bonds is 7. The number of halogens is 13. The van der Waals surface area contributed by atoms with Crippen molar-refractivity contribution in [3.05, 3.63) is 12.2 Å². The lowest BCUT2D eigenvalue weighted by Gasteiger charge is -2.39. The molecule has 0 bridgehead atoms. The van der Waals surface area contributed by atoms with Gasteiger partial charge in [0.1, 0.15) is 6.54 Å². The van der Waals surface area contributed by atoms with E-state index in [9.17, 15) is 61.9 Å². The Morgan fingerprint density at radius 1 is 0.828 bits per heavy atom. The fourth-order valence-corrected chi connectivity index (χ4v) is 2.78. The van der Waals surface area contributed by atoms with Gasteiger partial charge in [-0.1, -0.05) is 6.58 Å². The summed E-state index contributed by atoms with van der Waals surface area (Å²) in [6.45, 7) is 2.96. The third kappa shape index (κ3) is 3.10. The average molecular weight is 458 g/mol. The van der Waals surface area contributed by atoms with Crippen LogP contribution in [-0.4, -0.2) is 65.3 Å². The van der Waals surface area contributed by atoms with Gasteiger partial charge < -0.3 is 0 Å². The Morgan fingerprint density at radius 3 is 1.52 bits per heavy atom. The summed E-state index contributed by atoms with van der Waals surface area (Å²) >= 11 is 0. The molecule has 2 atom stereocenters. The fraction of sp³-hybridized carbons (Fsp3) is 0.786. The zero-order valence-electron chi connectivity index (χ0n) is 14.5. The highest BCUT2D eigenvalue weighted by Gasteiger charge is 2.94. The van der Waals surface area contributed by atoms with Crippen molar-refractivity contribution in [3.63, 3.8) is 0 Å². The van der Waals surface area contributed by atoms with Gasteiger partial charge in [-0.2, -0.15) is 57.1 Å². The van der Waals surface area contributed by atoms with Crippen LogP contribution in [0.2, 0.25) is 0 Å². The summed E-state index contributed by atoms with van der Waals surface area (Å²) in [6, 6.07) is -3.08. The third-order valence-corrected chi connectivity index (χ3v) is 4.67. The van der Waals surface area contributed by atoms with E-state index < -0.39 is 70.9 Å². The number of carbonyl (C=O) groups excluding carboxylic acids is 1. The van der Waals surface area contributed by atoms with Gasteiger partial charge >= 0.3 is 41.7 Å². The highest BCUT2D eigenvalue weighted by Crippen LogP contribution is 2.62. The predicted octanol–water partition coefficient (Wildman–Crippen LogP) is 5.05. The summed E-state index contributed by atoms with van der Waals surface area (Å²) in [5.74, 6) is -38.5. The minimum absolute atomic E-state index is 0.492. The maximum absolute atomic E-state index is 14.1. The maximum atomic E-state index is 14.1. The molecule has 2 unspecified atom stereocenters. The van der Waals surface area contributed by atoms with Gasteiger partial charge in [-0.25, -0.2) is 9.28 Å². The molecule has 1 saturated heterocycles. The molecule has 0 saturated carbocycles. The quantitative estimate of drug-likeness (QED) is 0.226.